The molecule has 0 radical (unpaired) electrons. The molecule has 8 heteroatoms. The van der Waals surface area contributed by atoms with E-state index in [0.717, 1.165) is 0 Å². The van der Waals surface area contributed by atoms with Gasteiger partial charge in [-0.2, -0.15) is 0 Å². The maximum Gasteiger partial charge on any atom is 0.318 e. The molecule has 0 aliphatic heterocycles. The molecule has 0 saturated heterocycles. The molecule has 0 aromatic heterocycles. The summed E-state index contributed by atoms with van der Waals surface area (Å²) < 4.78 is 10.2. The minimum atomic E-state index is -0.914. The Labute approximate surface area is 121 Å². The van der Waals surface area contributed by atoms with E-state index in [2.05, 4.69) is 5.32 Å². The average molecular weight is 302 g/mol. The third-order valence-electron chi connectivity index (χ3n) is 2.49. The fourth-order valence-corrected chi connectivity index (χ4v) is 1.74. The Hall–Kier alpha value is -2.15. The summed E-state index contributed by atoms with van der Waals surface area (Å²) in [7, 11) is 2.96. The van der Waals surface area contributed by atoms with Gasteiger partial charge in [0.15, 0.2) is 0 Å². The predicted octanol–water partition coefficient (Wildman–Crippen LogP) is 1.35. The van der Waals surface area contributed by atoms with Gasteiger partial charge in [0.05, 0.1) is 24.9 Å². The number of rotatable bonds is 5. The molecule has 0 heterocycles. The first-order valence-electron chi connectivity index (χ1n) is 5.67. The van der Waals surface area contributed by atoms with Gasteiger partial charge in [-0.05, 0) is 13.0 Å². The molecule has 110 valence electrons. The van der Waals surface area contributed by atoms with Gasteiger partial charge in [-0.1, -0.05) is 11.6 Å². The average Bonchev–Trinajstić information content (AvgIpc) is 2.38. The second-order valence-corrected chi connectivity index (χ2v) is 4.31. The van der Waals surface area contributed by atoms with Crippen molar-refractivity contribution in [2.24, 2.45) is 5.73 Å². The van der Waals surface area contributed by atoms with Gasteiger partial charge >= 0.3 is 6.03 Å². The number of primary amides is 1. The lowest BCUT2D eigenvalue weighted by Crippen LogP contribution is -2.43. The molecule has 3 amide bonds. The van der Waals surface area contributed by atoms with Crippen molar-refractivity contribution in [2.45, 2.75) is 13.0 Å². The van der Waals surface area contributed by atoms with Crippen LogP contribution in [0.3, 0.4) is 0 Å². The molecule has 0 saturated carbocycles. The Morgan fingerprint density at radius 1 is 1.25 bits per heavy atom. The van der Waals surface area contributed by atoms with Crippen molar-refractivity contribution < 1.29 is 19.1 Å². The van der Waals surface area contributed by atoms with Crippen LogP contribution in [0.2, 0.25) is 5.02 Å². The second kappa shape index (κ2) is 6.85. The van der Waals surface area contributed by atoms with E-state index in [1.54, 1.807) is 19.1 Å². The van der Waals surface area contributed by atoms with Crippen LogP contribution < -0.4 is 25.8 Å². The van der Waals surface area contributed by atoms with Gasteiger partial charge in [-0.25, -0.2) is 4.79 Å². The number of carbonyl (C=O) groups excluding carboxylic acids is 2. The summed E-state index contributed by atoms with van der Waals surface area (Å²) in [5.74, 6) is 0.333. The van der Waals surface area contributed by atoms with Crippen LogP contribution in [0.25, 0.3) is 0 Å². The van der Waals surface area contributed by atoms with Crippen molar-refractivity contribution >= 4 is 29.2 Å². The second-order valence-electron chi connectivity index (χ2n) is 3.91. The van der Waals surface area contributed by atoms with E-state index in [9.17, 15) is 9.59 Å². The lowest BCUT2D eigenvalue weighted by atomic mass is 10.2. The Balaban J connectivity index is 2.94. The van der Waals surface area contributed by atoms with Gasteiger partial charge < -0.3 is 20.5 Å². The number of urea groups is 1. The third-order valence-corrected chi connectivity index (χ3v) is 2.78. The SMILES string of the molecule is COc1cc(OC)c(NC(C)C(=O)NC(N)=O)cc1Cl. The van der Waals surface area contributed by atoms with Gasteiger partial charge in [0.25, 0.3) is 0 Å². The third kappa shape index (κ3) is 3.92. The highest BCUT2D eigenvalue weighted by molar-refractivity contribution is 6.32. The normalized spacial score (nSPS) is 11.4. The molecule has 0 fully saturated rings. The van der Waals surface area contributed by atoms with Crippen LogP contribution in [0.1, 0.15) is 6.92 Å². The van der Waals surface area contributed by atoms with Gasteiger partial charge in [0, 0.05) is 6.07 Å². The molecule has 1 rings (SSSR count). The van der Waals surface area contributed by atoms with Crippen LogP contribution in [0.5, 0.6) is 11.5 Å². The summed E-state index contributed by atoms with van der Waals surface area (Å²) in [6.07, 6.45) is 0. The highest BCUT2D eigenvalue weighted by atomic mass is 35.5. The van der Waals surface area contributed by atoms with Crippen molar-refractivity contribution in [1.29, 1.82) is 0 Å². The number of nitrogens with one attached hydrogen (secondary N) is 2. The Morgan fingerprint density at radius 2 is 1.85 bits per heavy atom. The van der Waals surface area contributed by atoms with Crippen molar-refractivity contribution in [1.82, 2.24) is 5.32 Å². The first kappa shape index (κ1) is 15.9. The maximum atomic E-state index is 11.6. The topological polar surface area (TPSA) is 103 Å². The first-order chi connectivity index (χ1) is 9.38. The smallest absolute Gasteiger partial charge is 0.318 e. The molecule has 0 bridgehead atoms. The van der Waals surface area contributed by atoms with Crippen LogP contribution >= 0.6 is 11.6 Å². The van der Waals surface area contributed by atoms with E-state index >= 15 is 0 Å². The Kier molecular flexibility index (Phi) is 5.45. The first-order valence-corrected chi connectivity index (χ1v) is 6.05. The van der Waals surface area contributed by atoms with E-state index in [0.29, 0.717) is 22.2 Å². The zero-order valence-corrected chi connectivity index (χ0v) is 12.1. The molecule has 1 aromatic rings. The standard InChI is InChI=1S/C12H16ClN3O4/c1-6(11(17)16-12(14)18)15-8-4-7(13)9(19-2)5-10(8)20-3/h4-6,15H,1-3H3,(H3,14,16,17,18). The molecule has 1 unspecified atom stereocenters. The Bertz CT molecular complexity index is 522. The number of halogens is 1. The molecular formula is C12H16ClN3O4. The number of imide groups is 1. The molecular weight excluding hydrogens is 286 g/mol. The maximum absolute atomic E-state index is 11.6. The molecule has 1 atom stereocenters. The number of hydrogen-bond donors (Lipinski definition) is 3. The number of carbonyl (C=O) groups is 2. The summed E-state index contributed by atoms with van der Waals surface area (Å²) in [6.45, 7) is 1.57. The van der Waals surface area contributed by atoms with Crippen LogP contribution in [0, 0.1) is 0 Å². The zero-order chi connectivity index (χ0) is 15.3. The van der Waals surface area contributed by atoms with E-state index in [-0.39, 0.29) is 0 Å². The molecule has 20 heavy (non-hydrogen) atoms. The molecule has 4 N–H and O–H groups in total. The highest BCUT2D eigenvalue weighted by Crippen LogP contribution is 2.36. The van der Waals surface area contributed by atoms with Crippen LogP contribution in [-0.4, -0.2) is 32.2 Å². The van der Waals surface area contributed by atoms with Crippen LogP contribution in [0.15, 0.2) is 12.1 Å². The lowest BCUT2D eigenvalue weighted by molar-refractivity contribution is -0.120. The number of hydrogen-bond acceptors (Lipinski definition) is 5. The molecule has 0 spiro atoms. The molecule has 0 aliphatic rings. The van der Waals surface area contributed by atoms with Crippen molar-refractivity contribution in [3.63, 3.8) is 0 Å². The van der Waals surface area contributed by atoms with Gasteiger partial charge in [0.2, 0.25) is 5.91 Å². The molecule has 7 nitrogen and oxygen atoms in total. The number of ether oxygens (including phenoxy) is 2. The zero-order valence-electron chi connectivity index (χ0n) is 11.3. The minimum absolute atomic E-state index is 0.360. The van der Waals surface area contributed by atoms with Gasteiger partial charge in [-0.3, -0.25) is 10.1 Å². The lowest BCUT2D eigenvalue weighted by Gasteiger charge is -2.17. The number of benzene rings is 1. The van der Waals surface area contributed by atoms with E-state index in [1.807, 2.05) is 5.32 Å². The molecule has 0 aliphatic carbocycles. The number of methoxy groups -OCH3 is 2. The number of anilines is 1. The fraction of sp³-hybridized carbons (Fsp3) is 0.333. The quantitative estimate of drug-likeness (QED) is 0.762. The van der Waals surface area contributed by atoms with Crippen molar-refractivity contribution in [2.75, 3.05) is 19.5 Å². The van der Waals surface area contributed by atoms with E-state index in [4.69, 9.17) is 26.8 Å². The van der Waals surface area contributed by atoms with Crippen LogP contribution in [0.4, 0.5) is 10.5 Å². The summed E-state index contributed by atoms with van der Waals surface area (Å²) in [5, 5.41) is 5.21. The van der Waals surface area contributed by atoms with E-state index in [1.165, 1.54) is 14.2 Å². The summed E-state index contributed by atoms with van der Waals surface area (Å²) in [4.78, 5) is 22.2. The predicted molar refractivity (Wildman–Crippen MR) is 75.4 cm³/mol. The number of nitrogens with two attached hydrogens (primary N) is 1. The summed E-state index contributed by atoms with van der Waals surface area (Å²) in [6, 6.07) is 1.53. The summed E-state index contributed by atoms with van der Waals surface area (Å²) >= 11 is 6.01. The van der Waals surface area contributed by atoms with Crippen molar-refractivity contribution in [3.8, 4) is 11.5 Å². The highest BCUT2D eigenvalue weighted by Gasteiger charge is 2.17. The minimum Gasteiger partial charge on any atom is -0.495 e. The Morgan fingerprint density at radius 3 is 2.35 bits per heavy atom. The molecule has 1 aromatic carbocycles. The number of amides is 3. The fourth-order valence-electron chi connectivity index (χ4n) is 1.50. The van der Waals surface area contributed by atoms with Gasteiger partial charge in [-0.15, -0.1) is 0 Å². The largest absolute Gasteiger partial charge is 0.495 e. The van der Waals surface area contributed by atoms with E-state index < -0.39 is 18.0 Å². The van der Waals surface area contributed by atoms with Crippen molar-refractivity contribution in [3.05, 3.63) is 17.2 Å². The monoisotopic (exact) mass is 301 g/mol. The van der Waals surface area contributed by atoms with Gasteiger partial charge in [0.1, 0.15) is 17.5 Å². The summed E-state index contributed by atoms with van der Waals surface area (Å²) in [5.41, 5.74) is 5.37. The van der Waals surface area contributed by atoms with Crippen LogP contribution in [-0.2, 0) is 4.79 Å².